The van der Waals surface area contributed by atoms with Crippen LogP contribution in [0.3, 0.4) is 0 Å². The summed E-state index contributed by atoms with van der Waals surface area (Å²) in [5, 5.41) is 6.62. The Morgan fingerprint density at radius 1 is 1.27 bits per heavy atom. The molecule has 0 aliphatic carbocycles. The molecule has 146 valence electrons. The smallest absolute Gasteiger partial charge is 0.243 e. The zero-order valence-corrected chi connectivity index (χ0v) is 16.8. The van der Waals surface area contributed by atoms with Gasteiger partial charge in [0.2, 0.25) is 5.91 Å². The summed E-state index contributed by atoms with van der Waals surface area (Å²) in [6, 6.07) is 5.59. The van der Waals surface area contributed by atoms with Gasteiger partial charge in [-0.3, -0.25) is 4.79 Å². The Bertz CT molecular complexity index is 602. The van der Waals surface area contributed by atoms with Crippen molar-refractivity contribution in [3.8, 4) is 11.5 Å². The molecule has 1 amide bonds. The van der Waals surface area contributed by atoms with E-state index in [2.05, 4.69) is 22.5 Å². The highest BCUT2D eigenvalue weighted by Gasteiger charge is 2.15. The van der Waals surface area contributed by atoms with Gasteiger partial charge in [-0.05, 0) is 31.5 Å². The SMILES string of the molecule is CCCCNC(=NCC(=O)N(C)C)NC(C)c1cc(OC)ccc1OC. The van der Waals surface area contributed by atoms with E-state index in [0.29, 0.717) is 5.96 Å². The monoisotopic (exact) mass is 364 g/mol. The third kappa shape index (κ3) is 6.82. The molecular formula is C19H32N4O3. The maximum Gasteiger partial charge on any atom is 0.243 e. The third-order valence-corrected chi connectivity index (χ3v) is 3.95. The first-order valence-electron chi connectivity index (χ1n) is 8.89. The highest BCUT2D eigenvalue weighted by Crippen LogP contribution is 2.29. The Kier molecular flexibility index (Phi) is 9.33. The number of benzene rings is 1. The van der Waals surface area contributed by atoms with E-state index in [1.165, 1.54) is 4.90 Å². The van der Waals surface area contributed by atoms with Crippen molar-refractivity contribution < 1.29 is 14.3 Å². The number of likely N-dealkylation sites (N-methyl/N-ethyl adjacent to an activating group) is 1. The van der Waals surface area contributed by atoms with Gasteiger partial charge in [0.05, 0.1) is 20.3 Å². The van der Waals surface area contributed by atoms with Gasteiger partial charge in [-0.25, -0.2) is 4.99 Å². The predicted molar refractivity (Wildman–Crippen MR) is 105 cm³/mol. The molecule has 0 saturated heterocycles. The summed E-state index contributed by atoms with van der Waals surface area (Å²) in [5.74, 6) is 2.08. The first kappa shape index (κ1) is 21.6. The Balaban J connectivity index is 2.94. The summed E-state index contributed by atoms with van der Waals surface area (Å²) in [5.41, 5.74) is 0.954. The van der Waals surface area contributed by atoms with Crippen LogP contribution in [0.25, 0.3) is 0 Å². The Hall–Kier alpha value is -2.44. The zero-order valence-electron chi connectivity index (χ0n) is 16.8. The fourth-order valence-electron chi connectivity index (χ4n) is 2.28. The van der Waals surface area contributed by atoms with E-state index >= 15 is 0 Å². The maximum absolute atomic E-state index is 11.8. The summed E-state index contributed by atoms with van der Waals surface area (Å²) in [4.78, 5) is 17.8. The molecule has 0 spiro atoms. The number of methoxy groups -OCH3 is 2. The topological polar surface area (TPSA) is 75.2 Å². The number of carbonyl (C=O) groups excluding carboxylic acids is 1. The van der Waals surface area contributed by atoms with Crippen molar-refractivity contribution in [1.29, 1.82) is 0 Å². The van der Waals surface area contributed by atoms with Gasteiger partial charge in [-0.1, -0.05) is 13.3 Å². The Morgan fingerprint density at radius 2 is 2.00 bits per heavy atom. The highest BCUT2D eigenvalue weighted by molar-refractivity contribution is 5.85. The van der Waals surface area contributed by atoms with E-state index in [9.17, 15) is 4.79 Å². The molecule has 0 saturated carbocycles. The van der Waals surface area contributed by atoms with E-state index in [-0.39, 0.29) is 18.5 Å². The average Bonchev–Trinajstić information content (AvgIpc) is 2.64. The number of unbranched alkanes of at least 4 members (excludes halogenated alkanes) is 1. The van der Waals surface area contributed by atoms with Crippen LogP contribution in [0.5, 0.6) is 11.5 Å². The van der Waals surface area contributed by atoms with E-state index in [1.807, 2.05) is 25.1 Å². The Morgan fingerprint density at radius 3 is 2.58 bits per heavy atom. The van der Waals surface area contributed by atoms with E-state index in [1.54, 1.807) is 28.3 Å². The molecule has 1 aromatic carbocycles. The summed E-state index contributed by atoms with van der Waals surface area (Å²) in [6.45, 7) is 5.03. The normalized spacial score (nSPS) is 12.3. The molecule has 1 aromatic rings. The summed E-state index contributed by atoms with van der Waals surface area (Å²) >= 11 is 0. The lowest BCUT2D eigenvalue weighted by Gasteiger charge is -2.21. The van der Waals surface area contributed by atoms with Crippen LogP contribution in [-0.2, 0) is 4.79 Å². The first-order valence-corrected chi connectivity index (χ1v) is 8.89. The van der Waals surface area contributed by atoms with Gasteiger partial charge in [0.25, 0.3) is 0 Å². The van der Waals surface area contributed by atoms with Crippen LogP contribution in [0.1, 0.15) is 38.3 Å². The second-order valence-corrected chi connectivity index (χ2v) is 6.21. The van der Waals surface area contributed by atoms with Crippen molar-refractivity contribution in [1.82, 2.24) is 15.5 Å². The van der Waals surface area contributed by atoms with Crippen molar-refractivity contribution in [2.24, 2.45) is 4.99 Å². The average molecular weight is 364 g/mol. The lowest BCUT2D eigenvalue weighted by Crippen LogP contribution is -2.40. The molecule has 0 radical (unpaired) electrons. The van der Waals surface area contributed by atoms with Crippen LogP contribution in [0.15, 0.2) is 23.2 Å². The number of rotatable bonds is 9. The lowest BCUT2D eigenvalue weighted by atomic mass is 10.1. The molecule has 0 aliphatic heterocycles. The van der Waals surface area contributed by atoms with Gasteiger partial charge in [0.15, 0.2) is 5.96 Å². The Labute approximate surface area is 156 Å². The first-order chi connectivity index (χ1) is 12.4. The predicted octanol–water partition coefficient (Wildman–Crippen LogP) is 2.19. The summed E-state index contributed by atoms with van der Waals surface area (Å²) in [6.07, 6.45) is 2.11. The van der Waals surface area contributed by atoms with Crippen LogP contribution < -0.4 is 20.1 Å². The number of amides is 1. The largest absolute Gasteiger partial charge is 0.497 e. The van der Waals surface area contributed by atoms with Gasteiger partial charge >= 0.3 is 0 Å². The number of ether oxygens (including phenoxy) is 2. The van der Waals surface area contributed by atoms with Gasteiger partial charge in [-0.15, -0.1) is 0 Å². The molecule has 2 N–H and O–H groups in total. The van der Waals surface area contributed by atoms with Crippen molar-refractivity contribution >= 4 is 11.9 Å². The minimum atomic E-state index is -0.0811. The molecule has 0 aliphatic rings. The summed E-state index contributed by atoms with van der Waals surface area (Å²) in [7, 11) is 6.72. The summed E-state index contributed by atoms with van der Waals surface area (Å²) < 4.78 is 10.8. The molecule has 1 atom stereocenters. The molecule has 1 rings (SSSR count). The standard InChI is InChI=1S/C19H32N4O3/c1-7-8-11-20-19(21-13-18(24)23(3)4)22-14(2)16-12-15(25-5)9-10-17(16)26-6/h9-10,12,14H,7-8,11,13H2,1-6H3,(H2,20,21,22). The molecule has 0 fully saturated rings. The minimum Gasteiger partial charge on any atom is -0.497 e. The number of aliphatic imine (C=N–C) groups is 1. The van der Waals surface area contributed by atoms with E-state index < -0.39 is 0 Å². The fraction of sp³-hybridized carbons (Fsp3) is 0.579. The maximum atomic E-state index is 11.8. The van der Waals surface area contributed by atoms with Crippen molar-refractivity contribution in [2.45, 2.75) is 32.7 Å². The van der Waals surface area contributed by atoms with Gasteiger partial charge < -0.3 is 25.0 Å². The van der Waals surface area contributed by atoms with Crippen LogP contribution >= 0.6 is 0 Å². The van der Waals surface area contributed by atoms with Gasteiger partial charge in [0.1, 0.15) is 18.0 Å². The third-order valence-electron chi connectivity index (χ3n) is 3.95. The molecule has 1 unspecified atom stereocenters. The van der Waals surface area contributed by atoms with Crippen molar-refractivity contribution in [3.63, 3.8) is 0 Å². The minimum absolute atomic E-state index is 0.0480. The molecule has 7 heteroatoms. The number of nitrogens with one attached hydrogen (secondary N) is 2. The second-order valence-electron chi connectivity index (χ2n) is 6.21. The molecular weight excluding hydrogens is 332 g/mol. The molecule has 0 heterocycles. The molecule has 0 aromatic heterocycles. The molecule has 26 heavy (non-hydrogen) atoms. The number of guanidine groups is 1. The van der Waals surface area contributed by atoms with Gasteiger partial charge in [0, 0.05) is 26.2 Å². The quantitative estimate of drug-likeness (QED) is 0.399. The zero-order chi connectivity index (χ0) is 19.5. The van der Waals surface area contributed by atoms with Crippen LogP contribution in [0, 0.1) is 0 Å². The lowest BCUT2D eigenvalue weighted by molar-refractivity contribution is -0.127. The number of nitrogens with zero attached hydrogens (tertiary/aromatic N) is 2. The highest BCUT2D eigenvalue weighted by atomic mass is 16.5. The van der Waals surface area contributed by atoms with Crippen LogP contribution in [-0.4, -0.2) is 58.2 Å². The second kappa shape index (κ2) is 11.2. The number of hydrogen-bond donors (Lipinski definition) is 2. The molecule has 7 nitrogen and oxygen atoms in total. The van der Waals surface area contributed by atoms with Crippen molar-refractivity contribution in [2.75, 3.05) is 41.4 Å². The van der Waals surface area contributed by atoms with E-state index in [4.69, 9.17) is 9.47 Å². The van der Waals surface area contributed by atoms with Crippen LogP contribution in [0.2, 0.25) is 0 Å². The molecule has 0 bridgehead atoms. The van der Waals surface area contributed by atoms with Gasteiger partial charge in [-0.2, -0.15) is 0 Å². The van der Waals surface area contributed by atoms with Crippen LogP contribution in [0.4, 0.5) is 0 Å². The number of hydrogen-bond acceptors (Lipinski definition) is 4. The fourth-order valence-corrected chi connectivity index (χ4v) is 2.28. The van der Waals surface area contributed by atoms with E-state index in [0.717, 1.165) is 36.4 Å². The van der Waals surface area contributed by atoms with Crippen molar-refractivity contribution in [3.05, 3.63) is 23.8 Å². The number of carbonyl (C=O) groups is 1.